The molecule has 0 aliphatic carbocycles. The monoisotopic (exact) mass is 328 g/mol. The second-order valence-electron chi connectivity index (χ2n) is 6.26. The van der Waals surface area contributed by atoms with Crippen molar-refractivity contribution in [2.75, 3.05) is 6.61 Å². The number of rotatable bonds is 3. The van der Waals surface area contributed by atoms with E-state index < -0.39 is 0 Å². The van der Waals surface area contributed by atoms with Crippen molar-refractivity contribution in [2.24, 2.45) is 0 Å². The maximum Gasteiger partial charge on any atom is 0.410 e. The molecule has 6 nitrogen and oxygen atoms in total. The van der Waals surface area contributed by atoms with Gasteiger partial charge in [0, 0.05) is 11.1 Å². The minimum Gasteiger partial charge on any atom is -0.494 e. The molecule has 2 bridgehead atoms. The van der Waals surface area contributed by atoms with Crippen LogP contribution in [0.25, 0.3) is 0 Å². The SMILES string of the molecule is CCOC(=O)N1C2CCC1c1c2c(O)n(Cc2ccccc2)c1O. The van der Waals surface area contributed by atoms with Gasteiger partial charge in [0.15, 0.2) is 11.8 Å². The molecule has 1 saturated heterocycles. The summed E-state index contributed by atoms with van der Waals surface area (Å²) in [6.07, 6.45) is 1.17. The number of amides is 1. The van der Waals surface area contributed by atoms with Crippen molar-refractivity contribution in [3.8, 4) is 11.8 Å². The number of carbonyl (C=O) groups is 1. The fourth-order valence-electron chi connectivity index (χ4n) is 4.04. The molecule has 1 fully saturated rings. The Hall–Kier alpha value is -2.63. The van der Waals surface area contributed by atoms with E-state index in [1.807, 2.05) is 30.3 Å². The van der Waals surface area contributed by atoms with E-state index in [1.54, 1.807) is 11.8 Å². The fraction of sp³-hybridized carbons (Fsp3) is 0.389. The van der Waals surface area contributed by atoms with Crippen molar-refractivity contribution in [2.45, 2.75) is 38.4 Å². The maximum absolute atomic E-state index is 12.2. The predicted molar refractivity (Wildman–Crippen MR) is 86.9 cm³/mol. The zero-order valence-electron chi connectivity index (χ0n) is 13.5. The summed E-state index contributed by atoms with van der Waals surface area (Å²) in [5, 5.41) is 21.3. The quantitative estimate of drug-likeness (QED) is 0.906. The summed E-state index contributed by atoms with van der Waals surface area (Å²) in [5.74, 6) is 0.0979. The molecule has 2 aliphatic rings. The Morgan fingerprint density at radius 1 is 1.12 bits per heavy atom. The molecular formula is C18H20N2O4. The molecule has 126 valence electrons. The van der Waals surface area contributed by atoms with Gasteiger partial charge in [-0.15, -0.1) is 0 Å². The first kappa shape index (κ1) is 14.9. The van der Waals surface area contributed by atoms with E-state index >= 15 is 0 Å². The number of nitrogens with zero attached hydrogens (tertiary/aromatic N) is 2. The third kappa shape index (κ3) is 1.99. The van der Waals surface area contributed by atoms with Crippen molar-refractivity contribution < 1.29 is 19.7 Å². The average molecular weight is 328 g/mol. The highest BCUT2D eigenvalue weighted by Crippen LogP contribution is 2.59. The van der Waals surface area contributed by atoms with E-state index in [4.69, 9.17) is 4.74 Å². The highest BCUT2D eigenvalue weighted by atomic mass is 16.6. The van der Waals surface area contributed by atoms with E-state index in [1.165, 1.54) is 4.57 Å². The first-order valence-corrected chi connectivity index (χ1v) is 8.26. The minimum atomic E-state index is -0.380. The summed E-state index contributed by atoms with van der Waals surface area (Å²) in [6.45, 7) is 2.47. The van der Waals surface area contributed by atoms with Gasteiger partial charge >= 0.3 is 6.09 Å². The van der Waals surface area contributed by atoms with Crippen molar-refractivity contribution in [1.82, 2.24) is 9.47 Å². The topological polar surface area (TPSA) is 74.9 Å². The Kier molecular flexibility index (Phi) is 3.40. The average Bonchev–Trinajstić information content (AvgIpc) is 3.22. The number of aromatic nitrogens is 1. The van der Waals surface area contributed by atoms with Gasteiger partial charge in [-0.1, -0.05) is 30.3 Å². The van der Waals surface area contributed by atoms with Crippen molar-refractivity contribution in [1.29, 1.82) is 0 Å². The smallest absolute Gasteiger partial charge is 0.410 e. The van der Waals surface area contributed by atoms with Gasteiger partial charge in [0.1, 0.15) is 0 Å². The predicted octanol–water partition coefficient (Wildman–Crippen LogP) is 3.30. The van der Waals surface area contributed by atoms with E-state index in [0.29, 0.717) is 24.3 Å². The van der Waals surface area contributed by atoms with E-state index in [9.17, 15) is 15.0 Å². The van der Waals surface area contributed by atoms with Crippen LogP contribution in [0.3, 0.4) is 0 Å². The lowest BCUT2D eigenvalue weighted by atomic mass is 9.95. The van der Waals surface area contributed by atoms with Crippen LogP contribution in [0.4, 0.5) is 4.79 Å². The number of ether oxygens (including phenoxy) is 1. The zero-order valence-corrected chi connectivity index (χ0v) is 13.5. The third-order valence-corrected chi connectivity index (χ3v) is 5.00. The number of fused-ring (bicyclic) bond motifs is 5. The van der Waals surface area contributed by atoms with E-state index in [0.717, 1.165) is 18.4 Å². The molecule has 2 unspecified atom stereocenters. The van der Waals surface area contributed by atoms with Crippen LogP contribution in [-0.2, 0) is 11.3 Å². The Morgan fingerprint density at radius 3 is 2.25 bits per heavy atom. The van der Waals surface area contributed by atoms with Gasteiger partial charge in [-0.25, -0.2) is 4.79 Å². The molecule has 2 aliphatic heterocycles. The molecule has 0 saturated carbocycles. The molecule has 2 N–H and O–H groups in total. The molecule has 24 heavy (non-hydrogen) atoms. The van der Waals surface area contributed by atoms with Crippen molar-refractivity contribution in [3.63, 3.8) is 0 Å². The molecule has 1 amide bonds. The first-order chi connectivity index (χ1) is 11.6. The summed E-state index contributed by atoms with van der Waals surface area (Å²) in [6, 6.07) is 9.24. The van der Waals surface area contributed by atoms with E-state index in [-0.39, 0.29) is 29.9 Å². The van der Waals surface area contributed by atoms with Gasteiger partial charge in [-0.3, -0.25) is 9.47 Å². The first-order valence-electron chi connectivity index (χ1n) is 8.26. The van der Waals surface area contributed by atoms with Crippen LogP contribution in [0, 0.1) is 0 Å². The maximum atomic E-state index is 12.2. The highest BCUT2D eigenvalue weighted by molar-refractivity contribution is 5.73. The molecule has 1 aromatic carbocycles. The Labute approximate surface area is 139 Å². The molecule has 3 heterocycles. The molecular weight excluding hydrogens is 308 g/mol. The molecule has 0 spiro atoms. The van der Waals surface area contributed by atoms with Gasteiger partial charge < -0.3 is 14.9 Å². The number of carbonyl (C=O) groups excluding carboxylic acids is 1. The number of benzene rings is 1. The summed E-state index contributed by atoms with van der Waals surface area (Å²) >= 11 is 0. The second kappa shape index (κ2) is 5.47. The fourth-order valence-corrected chi connectivity index (χ4v) is 4.04. The summed E-state index contributed by atoms with van der Waals surface area (Å²) in [4.78, 5) is 13.9. The van der Waals surface area contributed by atoms with E-state index in [2.05, 4.69) is 0 Å². The molecule has 1 aromatic heterocycles. The minimum absolute atomic E-state index is 0.0489. The highest BCUT2D eigenvalue weighted by Gasteiger charge is 2.52. The van der Waals surface area contributed by atoms with Crippen LogP contribution in [-0.4, -0.2) is 32.4 Å². The summed E-state index contributed by atoms with van der Waals surface area (Å²) in [5.41, 5.74) is 2.34. The van der Waals surface area contributed by atoms with Crippen LogP contribution in [0.2, 0.25) is 0 Å². The lowest BCUT2D eigenvalue weighted by Crippen LogP contribution is -2.29. The lowest BCUT2D eigenvalue weighted by Gasteiger charge is -2.22. The van der Waals surface area contributed by atoms with Crippen molar-refractivity contribution in [3.05, 3.63) is 47.0 Å². The van der Waals surface area contributed by atoms with Gasteiger partial charge in [0.2, 0.25) is 0 Å². The number of hydrogen-bond donors (Lipinski definition) is 2. The Balaban J connectivity index is 1.71. The number of hydrogen-bond acceptors (Lipinski definition) is 4. The summed E-state index contributed by atoms with van der Waals surface area (Å²) in [7, 11) is 0. The van der Waals surface area contributed by atoms with Crippen LogP contribution >= 0.6 is 0 Å². The molecule has 2 atom stereocenters. The van der Waals surface area contributed by atoms with Gasteiger partial charge in [0.05, 0.1) is 25.2 Å². The van der Waals surface area contributed by atoms with Crippen LogP contribution in [0.15, 0.2) is 30.3 Å². The van der Waals surface area contributed by atoms with Gasteiger partial charge in [0.25, 0.3) is 0 Å². The van der Waals surface area contributed by atoms with Crippen LogP contribution < -0.4 is 0 Å². The standard InChI is InChI=1S/C18H20N2O4/c1-2-24-18(23)20-12-8-9-13(20)15-14(12)16(21)19(17(15)22)10-11-6-4-3-5-7-11/h3-7,12-13,21-22H,2,8-10H2,1H3. The Morgan fingerprint density at radius 2 is 1.71 bits per heavy atom. The molecule has 4 rings (SSSR count). The molecule has 0 radical (unpaired) electrons. The zero-order chi connectivity index (χ0) is 16.8. The van der Waals surface area contributed by atoms with Gasteiger partial charge in [-0.05, 0) is 25.3 Å². The second-order valence-corrected chi connectivity index (χ2v) is 6.26. The molecule has 2 aromatic rings. The lowest BCUT2D eigenvalue weighted by molar-refractivity contribution is 0.0936. The van der Waals surface area contributed by atoms with Crippen LogP contribution in [0.5, 0.6) is 11.8 Å². The summed E-state index contributed by atoms with van der Waals surface area (Å²) < 4.78 is 6.65. The Bertz CT molecular complexity index is 749. The van der Waals surface area contributed by atoms with Crippen molar-refractivity contribution >= 4 is 6.09 Å². The molecule has 6 heteroatoms. The number of aromatic hydroxyl groups is 2. The third-order valence-electron chi connectivity index (χ3n) is 5.00. The van der Waals surface area contributed by atoms with Gasteiger partial charge in [-0.2, -0.15) is 0 Å². The van der Waals surface area contributed by atoms with Crippen LogP contribution in [0.1, 0.15) is 48.5 Å². The normalized spacial score (nSPS) is 21.1. The largest absolute Gasteiger partial charge is 0.494 e.